The second kappa shape index (κ2) is 10.1. The van der Waals surface area contributed by atoms with Gasteiger partial charge in [0.05, 0.1) is 5.02 Å². The Morgan fingerprint density at radius 1 is 1.00 bits per heavy atom. The number of sulfonamides is 1. The molecule has 28 heavy (non-hydrogen) atoms. The van der Waals surface area contributed by atoms with Gasteiger partial charge in [0.1, 0.15) is 4.90 Å². The molecule has 0 radical (unpaired) electrons. The Morgan fingerprint density at radius 2 is 1.64 bits per heavy atom. The highest BCUT2D eigenvalue weighted by molar-refractivity contribution is 7.89. The van der Waals surface area contributed by atoms with Gasteiger partial charge >= 0.3 is 0 Å². The first-order valence-electron chi connectivity index (χ1n) is 10.5. The van der Waals surface area contributed by atoms with Crippen LogP contribution < -0.4 is 5.32 Å². The van der Waals surface area contributed by atoms with Crippen LogP contribution in [0, 0.1) is 5.92 Å². The smallest absolute Gasteiger partial charge is 0.244 e. The third kappa shape index (κ3) is 5.28. The van der Waals surface area contributed by atoms with Gasteiger partial charge < -0.3 is 5.32 Å². The zero-order valence-electron chi connectivity index (χ0n) is 16.4. The molecule has 0 bridgehead atoms. The molecule has 1 heterocycles. The summed E-state index contributed by atoms with van der Waals surface area (Å²) in [5, 5.41) is 3.30. The van der Waals surface area contributed by atoms with Crippen molar-refractivity contribution in [2.24, 2.45) is 5.92 Å². The van der Waals surface area contributed by atoms with Gasteiger partial charge in [-0.25, -0.2) is 8.42 Å². The molecule has 7 heteroatoms. The van der Waals surface area contributed by atoms with E-state index in [9.17, 15) is 13.2 Å². The zero-order chi connectivity index (χ0) is 20.0. The topological polar surface area (TPSA) is 66.5 Å². The second-order valence-electron chi connectivity index (χ2n) is 7.98. The molecule has 1 saturated heterocycles. The summed E-state index contributed by atoms with van der Waals surface area (Å²) in [4.78, 5) is 12.8. The van der Waals surface area contributed by atoms with Crippen molar-refractivity contribution in [3.63, 3.8) is 0 Å². The van der Waals surface area contributed by atoms with E-state index in [0.29, 0.717) is 13.1 Å². The van der Waals surface area contributed by atoms with Crippen LogP contribution >= 0.6 is 11.6 Å². The van der Waals surface area contributed by atoms with Crippen molar-refractivity contribution in [3.8, 4) is 0 Å². The lowest BCUT2D eigenvalue weighted by molar-refractivity contribution is -0.125. The predicted octanol–water partition coefficient (Wildman–Crippen LogP) is 4.36. The van der Waals surface area contributed by atoms with E-state index in [2.05, 4.69) is 5.32 Å². The summed E-state index contributed by atoms with van der Waals surface area (Å²) in [7, 11) is -3.68. The van der Waals surface area contributed by atoms with Crippen molar-refractivity contribution in [1.82, 2.24) is 9.62 Å². The fourth-order valence-electron chi connectivity index (χ4n) is 4.36. The first-order valence-corrected chi connectivity index (χ1v) is 12.4. The molecular formula is C21H31ClN2O3S. The lowest BCUT2D eigenvalue weighted by Crippen LogP contribution is -2.50. The normalized spacial score (nSPS) is 23.0. The van der Waals surface area contributed by atoms with E-state index in [4.69, 9.17) is 11.6 Å². The van der Waals surface area contributed by atoms with Gasteiger partial charge in [-0.2, -0.15) is 4.31 Å². The minimum atomic E-state index is -3.68. The number of nitrogens with one attached hydrogen (secondary N) is 1. The Labute approximate surface area is 173 Å². The van der Waals surface area contributed by atoms with Crippen LogP contribution in [0.1, 0.15) is 64.2 Å². The van der Waals surface area contributed by atoms with Gasteiger partial charge in [-0.05, 0) is 37.8 Å². The average Bonchev–Trinajstić information content (AvgIpc) is 2.66. The molecule has 1 amide bonds. The molecule has 1 aliphatic heterocycles. The molecule has 1 saturated carbocycles. The Hall–Kier alpha value is -1.11. The molecular weight excluding hydrogens is 396 g/mol. The summed E-state index contributed by atoms with van der Waals surface area (Å²) in [6.45, 7) is 0.844. The zero-order valence-corrected chi connectivity index (χ0v) is 18.0. The largest absolute Gasteiger partial charge is 0.354 e. The molecule has 1 aromatic carbocycles. The molecule has 5 nitrogen and oxygen atoms in total. The summed E-state index contributed by atoms with van der Waals surface area (Å²) in [6, 6.07) is 6.35. The van der Waals surface area contributed by atoms with E-state index in [1.54, 1.807) is 24.3 Å². The predicted molar refractivity (Wildman–Crippen MR) is 112 cm³/mol. The van der Waals surface area contributed by atoms with E-state index in [1.165, 1.54) is 23.6 Å². The molecule has 2 fully saturated rings. The maximum Gasteiger partial charge on any atom is 0.244 e. The van der Waals surface area contributed by atoms with Crippen LogP contribution in [0.5, 0.6) is 0 Å². The van der Waals surface area contributed by atoms with Crippen LogP contribution in [0.3, 0.4) is 0 Å². The highest BCUT2D eigenvalue weighted by atomic mass is 35.5. The van der Waals surface area contributed by atoms with Gasteiger partial charge in [0.15, 0.2) is 0 Å². The summed E-state index contributed by atoms with van der Waals surface area (Å²) in [6.07, 6.45) is 10.3. The summed E-state index contributed by atoms with van der Waals surface area (Å²) in [5.74, 6) is 0.153. The Bertz CT molecular complexity index is 761. The minimum Gasteiger partial charge on any atom is -0.354 e. The lowest BCUT2D eigenvalue weighted by Gasteiger charge is -2.35. The Morgan fingerprint density at radius 3 is 2.36 bits per heavy atom. The van der Waals surface area contributed by atoms with Crippen molar-refractivity contribution in [3.05, 3.63) is 29.3 Å². The quantitative estimate of drug-likeness (QED) is 0.760. The van der Waals surface area contributed by atoms with Crippen molar-refractivity contribution in [2.45, 2.75) is 75.1 Å². The number of carbonyl (C=O) groups excluding carboxylic acids is 1. The van der Waals surface area contributed by atoms with E-state index < -0.39 is 10.0 Å². The number of benzene rings is 1. The highest BCUT2D eigenvalue weighted by Crippen LogP contribution is 2.29. The number of piperidine rings is 1. The van der Waals surface area contributed by atoms with Crippen molar-refractivity contribution < 1.29 is 13.2 Å². The van der Waals surface area contributed by atoms with Crippen LogP contribution in [0.15, 0.2) is 29.2 Å². The van der Waals surface area contributed by atoms with Crippen molar-refractivity contribution >= 4 is 27.5 Å². The number of hydrogen-bond donors (Lipinski definition) is 1. The van der Waals surface area contributed by atoms with Gasteiger partial charge in [-0.3, -0.25) is 4.79 Å². The Balaban J connectivity index is 1.66. The molecule has 1 unspecified atom stereocenters. The third-order valence-electron chi connectivity index (χ3n) is 5.98. The van der Waals surface area contributed by atoms with Gasteiger partial charge in [0.25, 0.3) is 0 Å². The summed E-state index contributed by atoms with van der Waals surface area (Å²) >= 11 is 6.16. The monoisotopic (exact) mass is 426 g/mol. The maximum atomic E-state index is 13.2. The molecule has 1 aliphatic carbocycles. The van der Waals surface area contributed by atoms with Gasteiger partial charge in [0, 0.05) is 25.0 Å². The second-order valence-corrected chi connectivity index (χ2v) is 10.2. The lowest BCUT2D eigenvalue weighted by atomic mass is 9.90. The highest BCUT2D eigenvalue weighted by Gasteiger charge is 2.35. The molecule has 3 rings (SSSR count). The molecule has 0 spiro atoms. The van der Waals surface area contributed by atoms with Gasteiger partial charge in [-0.15, -0.1) is 0 Å². The molecule has 156 valence electrons. The third-order valence-corrected chi connectivity index (χ3v) is 8.44. The first kappa shape index (κ1) is 21.6. The Kier molecular flexibility index (Phi) is 7.77. The first-order chi connectivity index (χ1) is 13.5. The van der Waals surface area contributed by atoms with E-state index >= 15 is 0 Å². The molecule has 2 aliphatic rings. The van der Waals surface area contributed by atoms with Gasteiger partial charge in [-0.1, -0.05) is 62.3 Å². The molecule has 1 aromatic rings. The molecule has 0 aromatic heterocycles. The van der Waals surface area contributed by atoms with Crippen LogP contribution in [0.2, 0.25) is 5.02 Å². The average molecular weight is 427 g/mol. The minimum absolute atomic E-state index is 0.0671. The number of halogens is 1. The van der Waals surface area contributed by atoms with Crippen LogP contribution in [-0.4, -0.2) is 37.8 Å². The maximum absolute atomic E-state index is 13.2. The fraction of sp³-hybridized carbons (Fsp3) is 0.667. The van der Waals surface area contributed by atoms with Crippen molar-refractivity contribution in [1.29, 1.82) is 0 Å². The molecule has 1 atom stereocenters. The number of rotatable bonds is 5. The number of amides is 1. The van der Waals surface area contributed by atoms with Crippen LogP contribution in [-0.2, 0) is 14.8 Å². The fourth-order valence-corrected chi connectivity index (χ4v) is 6.54. The van der Waals surface area contributed by atoms with Crippen LogP contribution in [0.4, 0.5) is 0 Å². The number of hydrogen-bond acceptors (Lipinski definition) is 3. The molecule has 1 N–H and O–H groups in total. The summed E-state index contributed by atoms with van der Waals surface area (Å²) < 4.78 is 27.9. The van der Waals surface area contributed by atoms with E-state index in [1.807, 2.05) is 0 Å². The van der Waals surface area contributed by atoms with E-state index in [-0.39, 0.29) is 27.8 Å². The van der Waals surface area contributed by atoms with Gasteiger partial charge in [0.2, 0.25) is 15.9 Å². The SMILES string of the molecule is O=C(NCC1CCCCN1S(=O)(=O)c1ccccc1Cl)C1CCCCCCC1. The van der Waals surface area contributed by atoms with Crippen LogP contribution in [0.25, 0.3) is 0 Å². The standard InChI is InChI=1S/C21H31ClN2O3S/c22-19-13-6-7-14-20(19)28(26,27)24-15-9-8-12-18(24)16-23-21(25)17-10-4-2-1-3-5-11-17/h6-7,13-14,17-18H,1-5,8-12,15-16H2,(H,23,25). The number of carbonyl (C=O) groups is 1. The number of nitrogens with zero attached hydrogens (tertiary/aromatic N) is 1. The van der Waals surface area contributed by atoms with E-state index in [0.717, 1.165) is 44.9 Å². The summed E-state index contributed by atoms with van der Waals surface area (Å²) in [5.41, 5.74) is 0. The van der Waals surface area contributed by atoms with Crippen molar-refractivity contribution in [2.75, 3.05) is 13.1 Å².